The third-order valence-electron chi connectivity index (χ3n) is 5.51. The zero-order valence-electron chi connectivity index (χ0n) is 18.8. The second-order valence-electron chi connectivity index (χ2n) is 7.60. The van der Waals surface area contributed by atoms with Crippen molar-refractivity contribution < 1.29 is 14.3 Å². The summed E-state index contributed by atoms with van der Waals surface area (Å²) in [7, 11) is 0. The van der Waals surface area contributed by atoms with E-state index in [2.05, 4.69) is 35.4 Å². The molecule has 2 aromatic rings. The molecule has 3 rings (SSSR count). The molecule has 1 heterocycles. The first-order valence-corrected chi connectivity index (χ1v) is 10.9. The molecule has 0 aliphatic carbocycles. The molecule has 0 bridgehead atoms. The van der Waals surface area contributed by atoms with Crippen molar-refractivity contribution in [2.24, 2.45) is 0 Å². The van der Waals surface area contributed by atoms with Crippen molar-refractivity contribution in [3.8, 4) is 5.75 Å². The summed E-state index contributed by atoms with van der Waals surface area (Å²) in [6, 6.07) is 12.9. The molecule has 7 heteroatoms. The van der Waals surface area contributed by atoms with Gasteiger partial charge >= 0.3 is 6.03 Å². The van der Waals surface area contributed by atoms with Crippen molar-refractivity contribution in [2.45, 2.75) is 40.2 Å². The summed E-state index contributed by atoms with van der Waals surface area (Å²) in [6.07, 6.45) is 0.278. The average Bonchev–Trinajstić information content (AvgIpc) is 3.11. The van der Waals surface area contributed by atoms with Gasteiger partial charge in [-0.25, -0.2) is 4.79 Å². The summed E-state index contributed by atoms with van der Waals surface area (Å²) < 4.78 is 5.45. The van der Waals surface area contributed by atoms with Crippen LogP contribution < -0.4 is 25.2 Å². The Morgan fingerprint density at radius 1 is 1.13 bits per heavy atom. The van der Waals surface area contributed by atoms with Crippen molar-refractivity contribution in [1.82, 2.24) is 5.32 Å². The van der Waals surface area contributed by atoms with Gasteiger partial charge in [0, 0.05) is 43.1 Å². The predicted octanol–water partition coefficient (Wildman–Crippen LogP) is 4.17. The first kappa shape index (κ1) is 22.5. The zero-order valence-corrected chi connectivity index (χ0v) is 18.8. The Bertz CT molecular complexity index is 910. The van der Waals surface area contributed by atoms with E-state index < -0.39 is 0 Å². The van der Waals surface area contributed by atoms with E-state index in [1.165, 1.54) is 0 Å². The Hall–Kier alpha value is -3.22. The van der Waals surface area contributed by atoms with E-state index in [0.29, 0.717) is 13.2 Å². The van der Waals surface area contributed by atoms with Crippen LogP contribution in [0, 0.1) is 6.92 Å². The monoisotopic (exact) mass is 424 g/mol. The standard InChI is InChI=1S/C24H32N4O3/c1-5-27(6-2)20-10-13-22(17(4)14-20)26-24(30)25-18-15-23(29)28(16-18)19-8-11-21(12-9-19)31-7-3/h8-14,18H,5-7,15-16H2,1-4H3,(H2,25,26,30). The van der Waals surface area contributed by atoms with E-state index in [0.717, 1.165) is 41.5 Å². The second-order valence-corrected chi connectivity index (χ2v) is 7.60. The maximum Gasteiger partial charge on any atom is 0.319 e. The van der Waals surface area contributed by atoms with Crippen LogP contribution in [-0.2, 0) is 4.79 Å². The number of urea groups is 1. The number of amides is 3. The fourth-order valence-electron chi connectivity index (χ4n) is 3.86. The molecule has 0 spiro atoms. The average molecular weight is 425 g/mol. The van der Waals surface area contributed by atoms with Crippen molar-refractivity contribution >= 4 is 29.0 Å². The van der Waals surface area contributed by atoms with Crippen molar-refractivity contribution in [2.75, 3.05) is 41.4 Å². The van der Waals surface area contributed by atoms with Crippen LogP contribution in [0.1, 0.15) is 32.8 Å². The normalized spacial score (nSPS) is 15.7. The predicted molar refractivity (Wildman–Crippen MR) is 125 cm³/mol. The molecule has 0 aromatic heterocycles. The van der Waals surface area contributed by atoms with Crippen molar-refractivity contribution in [3.05, 3.63) is 48.0 Å². The number of aryl methyl sites for hydroxylation is 1. The fourth-order valence-corrected chi connectivity index (χ4v) is 3.86. The molecular weight excluding hydrogens is 392 g/mol. The van der Waals surface area contributed by atoms with Crippen LogP contribution in [0.3, 0.4) is 0 Å². The quantitative estimate of drug-likeness (QED) is 0.667. The number of benzene rings is 2. The van der Waals surface area contributed by atoms with E-state index >= 15 is 0 Å². The highest BCUT2D eigenvalue weighted by atomic mass is 16.5. The van der Waals surface area contributed by atoms with Gasteiger partial charge in [0.15, 0.2) is 0 Å². The lowest BCUT2D eigenvalue weighted by atomic mass is 10.1. The number of hydrogen-bond acceptors (Lipinski definition) is 4. The minimum atomic E-state index is -0.301. The SMILES string of the molecule is CCOc1ccc(N2CC(NC(=O)Nc3ccc(N(CC)CC)cc3C)CC2=O)cc1. The molecule has 0 radical (unpaired) electrons. The van der Waals surface area contributed by atoms with Crippen LogP contribution in [0.25, 0.3) is 0 Å². The number of nitrogens with zero attached hydrogens (tertiary/aromatic N) is 2. The Labute approximate surface area is 184 Å². The number of carbonyl (C=O) groups excluding carboxylic acids is 2. The molecule has 31 heavy (non-hydrogen) atoms. The molecule has 1 saturated heterocycles. The lowest BCUT2D eigenvalue weighted by Crippen LogP contribution is -2.39. The number of nitrogens with one attached hydrogen (secondary N) is 2. The van der Waals surface area contributed by atoms with Crippen LogP contribution >= 0.6 is 0 Å². The van der Waals surface area contributed by atoms with E-state index in [4.69, 9.17) is 4.74 Å². The Morgan fingerprint density at radius 2 is 1.84 bits per heavy atom. The van der Waals surface area contributed by atoms with Gasteiger partial charge in [0.1, 0.15) is 5.75 Å². The summed E-state index contributed by atoms with van der Waals surface area (Å²) >= 11 is 0. The first-order valence-electron chi connectivity index (χ1n) is 10.9. The third kappa shape index (κ3) is 5.48. The van der Waals surface area contributed by atoms with Gasteiger partial charge in [0.2, 0.25) is 5.91 Å². The van der Waals surface area contributed by atoms with Gasteiger partial charge < -0.3 is 25.2 Å². The molecule has 1 unspecified atom stereocenters. The Balaban J connectivity index is 1.58. The number of ether oxygens (including phenoxy) is 1. The van der Waals surface area contributed by atoms with Gasteiger partial charge in [0.25, 0.3) is 0 Å². The molecule has 1 atom stereocenters. The van der Waals surface area contributed by atoms with Crippen LogP contribution in [0.2, 0.25) is 0 Å². The van der Waals surface area contributed by atoms with E-state index in [9.17, 15) is 9.59 Å². The van der Waals surface area contributed by atoms with Crippen LogP contribution in [0.4, 0.5) is 21.9 Å². The number of hydrogen-bond donors (Lipinski definition) is 2. The lowest BCUT2D eigenvalue weighted by Gasteiger charge is -2.22. The van der Waals surface area contributed by atoms with Crippen LogP contribution in [-0.4, -0.2) is 44.2 Å². The molecular formula is C24H32N4O3. The molecule has 1 aliphatic heterocycles. The maximum absolute atomic E-state index is 12.5. The van der Waals surface area contributed by atoms with Crippen LogP contribution in [0.15, 0.2) is 42.5 Å². The molecule has 1 aliphatic rings. The Kier molecular flexibility index (Phi) is 7.39. The maximum atomic E-state index is 12.5. The molecule has 2 aromatic carbocycles. The lowest BCUT2D eigenvalue weighted by molar-refractivity contribution is -0.117. The highest BCUT2D eigenvalue weighted by molar-refractivity contribution is 5.97. The smallest absolute Gasteiger partial charge is 0.319 e. The Morgan fingerprint density at radius 3 is 2.45 bits per heavy atom. The van der Waals surface area contributed by atoms with Crippen LogP contribution in [0.5, 0.6) is 5.75 Å². The van der Waals surface area contributed by atoms with Gasteiger partial charge in [-0.1, -0.05) is 0 Å². The molecule has 2 N–H and O–H groups in total. The second kappa shape index (κ2) is 10.2. The van der Waals surface area contributed by atoms with Gasteiger partial charge in [-0.2, -0.15) is 0 Å². The van der Waals surface area contributed by atoms with Gasteiger partial charge in [0.05, 0.1) is 12.6 Å². The topological polar surface area (TPSA) is 73.9 Å². The summed E-state index contributed by atoms with van der Waals surface area (Å²) in [5.41, 5.74) is 3.71. The molecule has 166 valence electrons. The summed E-state index contributed by atoms with van der Waals surface area (Å²) in [4.78, 5) is 29.0. The highest BCUT2D eigenvalue weighted by Gasteiger charge is 2.31. The van der Waals surface area contributed by atoms with Gasteiger partial charge in [-0.15, -0.1) is 0 Å². The van der Waals surface area contributed by atoms with Gasteiger partial charge in [-0.05, 0) is 75.7 Å². The number of anilines is 3. The van der Waals surface area contributed by atoms with Gasteiger partial charge in [-0.3, -0.25) is 4.79 Å². The minimum absolute atomic E-state index is 0.00536. The zero-order chi connectivity index (χ0) is 22.4. The van der Waals surface area contributed by atoms with Crippen molar-refractivity contribution in [3.63, 3.8) is 0 Å². The molecule has 3 amide bonds. The number of rotatable bonds is 8. The number of carbonyl (C=O) groups is 2. The minimum Gasteiger partial charge on any atom is -0.494 e. The molecule has 7 nitrogen and oxygen atoms in total. The summed E-state index contributed by atoms with van der Waals surface area (Å²) in [5.74, 6) is 0.767. The largest absolute Gasteiger partial charge is 0.494 e. The molecule has 1 fully saturated rings. The molecule has 0 saturated carbocycles. The first-order chi connectivity index (χ1) is 14.9. The summed E-state index contributed by atoms with van der Waals surface area (Å²) in [6.45, 7) is 11.1. The fraction of sp³-hybridized carbons (Fsp3) is 0.417. The third-order valence-corrected chi connectivity index (χ3v) is 5.51. The highest BCUT2D eigenvalue weighted by Crippen LogP contribution is 2.25. The van der Waals surface area contributed by atoms with E-state index in [-0.39, 0.29) is 24.4 Å². The van der Waals surface area contributed by atoms with E-state index in [1.807, 2.05) is 50.2 Å². The van der Waals surface area contributed by atoms with Crippen molar-refractivity contribution in [1.29, 1.82) is 0 Å². The van der Waals surface area contributed by atoms with E-state index in [1.54, 1.807) is 4.90 Å². The summed E-state index contributed by atoms with van der Waals surface area (Å²) in [5, 5.41) is 5.84.